The van der Waals surface area contributed by atoms with Crippen molar-refractivity contribution in [3.8, 4) is 22.5 Å². The van der Waals surface area contributed by atoms with E-state index in [4.69, 9.17) is 14.1 Å². The van der Waals surface area contributed by atoms with E-state index in [1.54, 1.807) is 24.3 Å². The summed E-state index contributed by atoms with van der Waals surface area (Å²) in [6.45, 7) is 12.5. The minimum Gasteiger partial charge on any atom is -0.449 e. The van der Waals surface area contributed by atoms with E-state index in [1.807, 2.05) is 23.9 Å². The third kappa shape index (κ3) is 6.06. The number of fused-ring (bicyclic) bond motifs is 1. The molecule has 1 heterocycles. The van der Waals surface area contributed by atoms with E-state index < -0.39 is 16.6 Å². The van der Waals surface area contributed by atoms with Crippen LogP contribution in [-0.4, -0.2) is 26.6 Å². The molecule has 0 unspecified atom stereocenters. The number of benzene rings is 3. The molecule has 178 valence electrons. The van der Waals surface area contributed by atoms with E-state index in [-0.39, 0.29) is 11.6 Å². The van der Waals surface area contributed by atoms with Crippen LogP contribution in [0.4, 0.5) is 8.78 Å². The van der Waals surface area contributed by atoms with E-state index in [2.05, 4.69) is 44.5 Å². The molecule has 0 saturated heterocycles. The Balaban J connectivity index is 1.78. The summed E-state index contributed by atoms with van der Waals surface area (Å²) in [5, 5.41) is 0. The Morgan fingerprint density at radius 3 is 1.74 bits per heavy atom. The molecule has 3 aromatic carbocycles. The largest absolute Gasteiger partial charge is 0.449 e. The molecule has 1 aromatic heterocycles. The second kappa shape index (κ2) is 9.77. The Morgan fingerprint density at radius 2 is 1.23 bits per heavy atom. The van der Waals surface area contributed by atoms with E-state index >= 15 is 0 Å². The second-order valence-corrected chi connectivity index (χ2v) is 17.5. The monoisotopic (exact) mass is 502 g/mol. The summed E-state index contributed by atoms with van der Waals surface area (Å²) in [5.41, 5.74) is 9.27. The van der Waals surface area contributed by atoms with Crippen LogP contribution in [0.25, 0.3) is 39.6 Å². The molecule has 4 rings (SSSR count). The highest BCUT2D eigenvalue weighted by atomic mass is 28.4. The van der Waals surface area contributed by atoms with Crippen LogP contribution in [0.15, 0.2) is 84.7 Å². The van der Waals surface area contributed by atoms with Crippen LogP contribution >= 0.6 is 0 Å². The van der Waals surface area contributed by atoms with Gasteiger partial charge in [-0.25, -0.2) is 18.7 Å². The zero-order valence-corrected chi connectivity index (χ0v) is 22.3. The number of halogens is 2. The molecule has 0 spiro atoms. The lowest BCUT2D eigenvalue weighted by molar-refractivity contribution is 0.571. The minimum absolute atomic E-state index is 0.322. The van der Waals surface area contributed by atoms with Gasteiger partial charge in [-0.3, -0.25) is 0 Å². The van der Waals surface area contributed by atoms with Crippen LogP contribution in [0.2, 0.25) is 26.2 Å². The van der Waals surface area contributed by atoms with Gasteiger partial charge >= 0.3 is 0 Å². The molecule has 3 nitrogen and oxygen atoms in total. The molecular weight excluding hydrogens is 474 g/mol. The summed E-state index contributed by atoms with van der Waals surface area (Å²) in [6.07, 6.45) is 2.08. The van der Waals surface area contributed by atoms with Crippen molar-refractivity contribution >= 4 is 33.7 Å². The summed E-state index contributed by atoms with van der Waals surface area (Å²) < 4.78 is 33.6. The van der Waals surface area contributed by atoms with E-state index in [0.29, 0.717) is 11.4 Å². The van der Waals surface area contributed by atoms with Gasteiger partial charge in [0.2, 0.25) is 0 Å². The molecular formula is C28H28F2N2OSi2. The first kappa shape index (κ1) is 24.8. The minimum atomic E-state index is -2.03. The van der Waals surface area contributed by atoms with Gasteiger partial charge in [0.1, 0.15) is 11.6 Å². The van der Waals surface area contributed by atoms with Crippen molar-refractivity contribution < 1.29 is 12.9 Å². The first-order valence-corrected chi connectivity index (χ1v) is 17.4. The maximum Gasteiger partial charge on any atom is 0.198 e. The first-order valence-electron chi connectivity index (χ1n) is 11.4. The zero-order chi connectivity index (χ0) is 25.2. The molecule has 4 aromatic rings. The molecule has 0 saturated carbocycles. The highest BCUT2D eigenvalue weighted by Crippen LogP contribution is 2.31. The van der Waals surface area contributed by atoms with Gasteiger partial charge in [-0.05, 0) is 92.4 Å². The van der Waals surface area contributed by atoms with Crippen molar-refractivity contribution in [2.24, 2.45) is 0 Å². The molecule has 0 radical (unpaired) electrons. The Labute approximate surface area is 207 Å². The molecule has 0 aliphatic carbocycles. The molecule has 0 N–H and O–H groups in total. The van der Waals surface area contributed by atoms with Gasteiger partial charge in [-0.15, -0.1) is 6.58 Å². The maximum absolute atomic E-state index is 13.6. The molecule has 0 fully saturated rings. The summed E-state index contributed by atoms with van der Waals surface area (Å²) in [6, 6.07) is 18.2. The topological polar surface area (TPSA) is 35.0 Å². The van der Waals surface area contributed by atoms with E-state index in [0.717, 1.165) is 27.7 Å². The number of hydrogen-bond donors (Lipinski definition) is 0. The first-order chi connectivity index (χ1) is 16.5. The van der Waals surface area contributed by atoms with E-state index in [9.17, 15) is 8.78 Å². The summed E-state index contributed by atoms with van der Waals surface area (Å²) in [5.74, 6) is -0.646. The van der Waals surface area contributed by atoms with Crippen molar-refractivity contribution in [2.45, 2.75) is 26.2 Å². The molecule has 0 bridgehead atoms. The Morgan fingerprint density at radius 1 is 0.714 bits per heavy atom. The third-order valence-electron chi connectivity index (χ3n) is 5.62. The lowest BCUT2D eigenvalue weighted by atomic mass is 10.0. The van der Waals surface area contributed by atoms with Crippen molar-refractivity contribution in [3.63, 3.8) is 0 Å². The van der Waals surface area contributed by atoms with E-state index in [1.165, 1.54) is 24.3 Å². The van der Waals surface area contributed by atoms with Crippen LogP contribution < -0.4 is 0 Å². The van der Waals surface area contributed by atoms with Crippen molar-refractivity contribution in [1.82, 2.24) is 9.97 Å². The summed E-state index contributed by atoms with van der Waals surface area (Å²) in [7, 11) is -3.91. The smallest absolute Gasteiger partial charge is 0.198 e. The van der Waals surface area contributed by atoms with Gasteiger partial charge in [0, 0.05) is 11.1 Å². The number of rotatable bonds is 7. The SMILES string of the molecule is C=C[Si](C)(C)O[Si](C)(C)C=Cc1ccc2nc(-c3ccc(F)cc3)c(-c3ccc(F)cc3)nc2c1. The predicted octanol–water partition coefficient (Wildman–Crippen LogP) is 7.95. The maximum atomic E-state index is 13.6. The van der Waals surface area contributed by atoms with Gasteiger partial charge in [0.05, 0.1) is 22.4 Å². The van der Waals surface area contributed by atoms with Gasteiger partial charge in [-0.1, -0.05) is 23.5 Å². The van der Waals surface area contributed by atoms with Gasteiger partial charge in [0.15, 0.2) is 16.6 Å². The van der Waals surface area contributed by atoms with Crippen LogP contribution in [0.3, 0.4) is 0 Å². The molecule has 0 amide bonds. The fraction of sp³-hybridized carbons (Fsp3) is 0.143. The van der Waals surface area contributed by atoms with Crippen molar-refractivity contribution in [3.05, 3.63) is 102 Å². The Kier molecular flexibility index (Phi) is 6.94. The third-order valence-corrected chi connectivity index (χ3v) is 11.8. The highest BCUT2D eigenvalue weighted by Gasteiger charge is 2.28. The van der Waals surface area contributed by atoms with Crippen LogP contribution in [0, 0.1) is 11.6 Å². The van der Waals surface area contributed by atoms with Gasteiger partial charge in [0.25, 0.3) is 0 Å². The number of hydrogen-bond acceptors (Lipinski definition) is 3. The fourth-order valence-electron chi connectivity index (χ4n) is 3.84. The summed E-state index contributed by atoms with van der Waals surface area (Å²) >= 11 is 0. The van der Waals surface area contributed by atoms with Crippen molar-refractivity contribution in [2.75, 3.05) is 0 Å². The molecule has 0 aliphatic rings. The molecule has 0 atom stereocenters. The second-order valence-electron chi connectivity index (χ2n) is 9.53. The van der Waals surface area contributed by atoms with Gasteiger partial charge in [-0.2, -0.15) is 0 Å². The quantitative estimate of drug-likeness (QED) is 0.241. The molecule has 7 heteroatoms. The highest BCUT2D eigenvalue weighted by molar-refractivity contribution is 6.89. The normalized spacial score (nSPS) is 12.4. The number of aromatic nitrogens is 2. The fourth-order valence-corrected chi connectivity index (χ4v) is 10.5. The molecule has 35 heavy (non-hydrogen) atoms. The van der Waals surface area contributed by atoms with Crippen LogP contribution in [0.1, 0.15) is 5.56 Å². The average molecular weight is 503 g/mol. The predicted molar refractivity (Wildman–Crippen MR) is 146 cm³/mol. The standard InChI is InChI=1S/C28H28F2N2OSi2/c1-6-34(2,3)33-35(4,5)18-17-20-7-16-25-26(19-20)32-28(22-10-14-24(30)15-11-22)27(31-25)21-8-12-23(29)13-9-21/h6-19H,1H2,2-5H3. The molecule has 0 aliphatic heterocycles. The van der Waals surface area contributed by atoms with Crippen LogP contribution in [0.5, 0.6) is 0 Å². The summed E-state index contributed by atoms with van der Waals surface area (Å²) in [4.78, 5) is 9.77. The Bertz CT molecular complexity index is 1400. The lowest BCUT2D eigenvalue weighted by Crippen LogP contribution is -2.42. The van der Waals surface area contributed by atoms with Crippen molar-refractivity contribution in [1.29, 1.82) is 0 Å². The van der Waals surface area contributed by atoms with Crippen LogP contribution in [-0.2, 0) is 4.12 Å². The Hall–Kier alpha value is -3.27. The zero-order valence-electron chi connectivity index (χ0n) is 20.3. The van der Waals surface area contributed by atoms with Gasteiger partial charge < -0.3 is 4.12 Å². The lowest BCUT2D eigenvalue weighted by Gasteiger charge is -2.29. The average Bonchev–Trinajstić information content (AvgIpc) is 2.82. The number of nitrogens with zero attached hydrogens (tertiary/aromatic N) is 2.